The Morgan fingerprint density at radius 2 is 2.19 bits per heavy atom. The summed E-state index contributed by atoms with van der Waals surface area (Å²) in [5.74, 6) is -0.969. The van der Waals surface area contributed by atoms with Crippen LogP contribution in [0.1, 0.15) is 0 Å². The molecule has 0 saturated heterocycles. The predicted octanol–water partition coefficient (Wildman–Crippen LogP) is 1.01. The van der Waals surface area contributed by atoms with Crippen molar-refractivity contribution in [3.63, 3.8) is 0 Å². The van der Waals surface area contributed by atoms with Gasteiger partial charge in [0, 0.05) is 12.3 Å². The Balaban J connectivity index is 2.37. The van der Waals surface area contributed by atoms with Crippen LogP contribution in [0.2, 0.25) is 0 Å². The van der Waals surface area contributed by atoms with Crippen LogP contribution >= 0.6 is 0 Å². The van der Waals surface area contributed by atoms with E-state index in [-0.39, 0.29) is 5.82 Å². The number of hydrogen-bond donors (Lipinski definition) is 1. The minimum Gasteiger partial charge on any atom is -0.363 e. The molecule has 0 saturated carbocycles. The highest BCUT2D eigenvalue weighted by Gasteiger charge is 2.21. The summed E-state index contributed by atoms with van der Waals surface area (Å²) < 4.78 is 42.9. The van der Waals surface area contributed by atoms with E-state index in [1.165, 1.54) is 24.6 Å². The summed E-state index contributed by atoms with van der Waals surface area (Å²) in [6.45, 7) is 0. The average Bonchev–Trinajstić information content (AvgIpc) is 2.70. The van der Waals surface area contributed by atoms with Crippen molar-refractivity contribution in [2.45, 2.75) is 5.03 Å². The maximum atomic E-state index is 13.2. The second kappa shape index (κ2) is 3.89. The highest BCUT2D eigenvalue weighted by atomic mass is 32.2. The fraction of sp³-hybridized carbons (Fsp3) is 0. The van der Waals surface area contributed by atoms with Gasteiger partial charge in [-0.2, -0.15) is 8.42 Å². The van der Waals surface area contributed by atoms with Crippen molar-refractivity contribution in [2.75, 3.05) is 4.72 Å². The van der Waals surface area contributed by atoms with E-state index in [0.29, 0.717) is 0 Å². The number of hydrogen-bond acceptors (Lipinski definition) is 5. The van der Waals surface area contributed by atoms with Gasteiger partial charge in [0.2, 0.25) is 5.03 Å². The number of rotatable bonds is 3. The highest BCUT2D eigenvalue weighted by molar-refractivity contribution is 7.92. The molecule has 0 aromatic carbocycles. The van der Waals surface area contributed by atoms with Crippen LogP contribution in [-0.4, -0.2) is 18.6 Å². The van der Waals surface area contributed by atoms with Crippen LogP contribution in [0.15, 0.2) is 40.2 Å². The Morgan fingerprint density at radius 3 is 2.81 bits per heavy atom. The summed E-state index contributed by atoms with van der Waals surface area (Å²) in [6.07, 6.45) is 2.37. The number of halogens is 1. The SMILES string of the molecule is O=S(=O)(Nc1ccon1)c1ncccc1F. The number of pyridine rings is 1. The number of aromatic nitrogens is 2. The first-order valence-electron chi connectivity index (χ1n) is 4.13. The molecule has 0 fully saturated rings. The Kier molecular flexibility index (Phi) is 2.57. The van der Waals surface area contributed by atoms with E-state index in [0.717, 1.165) is 6.07 Å². The van der Waals surface area contributed by atoms with Crippen molar-refractivity contribution in [3.05, 3.63) is 36.5 Å². The molecule has 8 heteroatoms. The Bertz CT molecular complexity index is 582. The first kappa shape index (κ1) is 10.6. The van der Waals surface area contributed by atoms with Gasteiger partial charge in [-0.05, 0) is 12.1 Å². The third-order valence-corrected chi connectivity index (χ3v) is 2.94. The molecule has 0 amide bonds. The number of anilines is 1. The molecule has 0 radical (unpaired) electrons. The minimum atomic E-state index is -4.07. The number of nitrogens with zero attached hydrogens (tertiary/aromatic N) is 2. The van der Waals surface area contributed by atoms with E-state index < -0.39 is 20.9 Å². The molecule has 6 nitrogen and oxygen atoms in total. The van der Waals surface area contributed by atoms with Crippen LogP contribution in [0, 0.1) is 5.82 Å². The van der Waals surface area contributed by atoms with Crippen LogP contribution in [0.3, 0.4) is 0 Å². The van der Waals surface area contributed by atoms with Gasteiger partial charge in [0.15, 0.2) is 11.6 Å². The van der Waals surface area contributed by atoms with Crippen LogP contribution in [0.4, 0.5) is 10.2 Å². The highest BCUT2D eigenvalue weighted by Crippen LogP contribution is 2.14. The summed E-state index contributed by atoms with van der Waals surface area (Å²) in [4.78, 5) is 3.45. The molecule has 2 rings (SSSR count). The van der Waals surface area contributed by atoms with Gasteiger partial charge >= 0.3 is 0 Å². The van der Waals surface area contributed by atoms with E-state index >= 15 is 0 Å². The van der Waals surface area contributed by atoms with Crippen molar-refractivity contribution in [1.82, 2.24) is 10.1 Å². The van der Waals surface area contributed by atoms with Crippen LogP contribution in [0.5, 0.6) is 0 Å². The topological polar surface area (TPSA) is 85.1 Å². The first-order valence-corrected chi connectivity index (χ1v) is 5.61. The molecule has 2 aromatic rings. The quantitative estimate of drug-likeness (QED) is 0.869. The normalized spacial score (nSPS) is 11.3. The Morgan fingerprint density at radius 1 is 1.38 bits per heavy atom. The zero-order valence-electron chi connectivity index (χ0n) is 7.79. The molecule has 84 valence electrons. The molecule has 16 heavy (non-hydrogen) atoms. The second-order valence-corrected chi connectivity index (χ2v) is 4.38. The lowest BCUT2D eigenvalue weighted by Gasteiger charge is -2.03. The van der Waals surface area contributed by atoms with Crippen molar-refractivity contribution < 1.29 is 17.3 Å². The molecular formula is C8H6FN3O3S. The third-order valence-electron chi connectivity index (χ3n) is 1.66. The molecular weight excluding hydrogens is 237 g/mol. The summed E-state index contributed by atoms with van der Waals surface area (Å²) in [6, 6.07) is 3.59. The fourth-order valence-corrected chi connectivity index (χ4v) is 2.02. The van der Waals surface area contributed by atoms with E-state index in [1.54, 1.807) is 0 Å². The summed E-state index contributed by atoms with van der Waals surface area (Å²) in [5, 5.41) is 2.66. The van der Waals surface area contributed by atoms with Crippen molar-refractivity contribution in [1.29, 1.82) is 0 Å². The molecule has 0 atom stereocenters. The molecule has 2 aromatic heterocycles. The van der Waals surface area contributed by atoms with Crippen LogP contribution < -0.4 is 4.72 Å². The maximum absolute atomic E-state index is 13.2. The Hall–Kier alpha value is -1.96. The molecule has 1 N–H and O–H groups in total. The van der Waals surface area contributed by atoms with Gasteiger partial charge < -0.3 is 4.52 Å². The lowest BCUT2D eigenvalue weighted by atomic mass is 10.5. The molecule has 0 spiro atoms. The summed E-state index contributed by atoms with van der Waals surface area (Å²) in [7, 11) is -4.07. The molecule has 2 heterocycles. The van der Waals surface area contributed by atoms with Crippen LogP contribution in [-0.2, 0) is 10.0 Å². The fourth-order valence-electron chi connectivity index (χ4n) is 1.02. The number of sulfonamides is 1. The van der Waals surface area contributed by atoms with E-state index in [2.05, 4.69) is 14.7 Å². The molecule has 0 unspecified atom stereocenters. The molecule has 0 aliphatic carbocycles. The van der Waals surface area contributed by atoms with E-state index in [9.17, 15) is 12.8 Å². The average molecular weight is 243 g/mol. The van der Waals surface area contributed by atoms with Gasteiger partial charge in [-0.15, -0.1) is 0 Å². The van der Waals surface area contributed by atoms with Gasteiger partial charge in [-0.25, -0.2) is 9.37 Å². The van der Waals surface area contributed by atoms with Crippen molar-refractivity contribution >= 4 is 15.8 Å². The van der Waals surface area contributed by atoms with Gasteiger partial charge in [0.25, 0.3) is 10.0 Å². The smallest absolute Gasteiger partial charge is 0.283 e. The Labute approximate surface area is 90.1 Å². The van der Waals surface area contributed by atoms with Crippen molar-refractivity contribution in [3.8, 4) is 0 Å². The van der Waals surface area contributed by atoms with Crippen LogP contribution in [0.25, 0.3) is 0 Å². The van der Waals surface area contributed by atoms with Gasteiger partial charge in [-0.3, -0.25) is 4.72 Å². The summed E-state index contributed by atoms with van der Waals surface area (Å²) >= 11 is 0. The van der Waals surface area contributed by atoms with Gasteiger partial charge in [-0.1, -0.05) is 5.16 Å². The molecule has 0 bridgehead atoms. The monoisotopic (exact) mass is 243 g/mol. The molecule has 0 aliphatic rings. The molecule has 0 aliphatic heterocycles. The van der Waals surface area contributed by atoms with E-state index in [4.69, 9.17) is 0 Å². The predicted molar refractivity (Wildman–Crippen MR) is 51.5 cm³/mol. The van der Waals surface area contributed by atoms with Gasteiger partial charge in [0.05, 0.1) is 0 Å². The lowest BCUT2D eigenvalue weighted by Crippen LogP contribution is -2.16. The number of nitrogens with one attached hydrogen (secondary N) is 1. The maximum Gasteiger partial charge on any atom is 0.283 e. The standard InChI is InChI=1S/C8H6FN3O3S/c9-6-2-1-4-10-8(6)16(13,14)12-7-3-5-15-11-7/h1-5H,(H,11,12). The third kappa shape index (κ3) is 2.01. The zero-order chi connectivity index (χ0) is 11.6. The largest absolute Gasteiger partial charge is 0.363 e. The minimum absolute atomic E-state index is 0.0370. The van der Waals surface area contributed by atoms with Gasteiger partial charge in [0.1, 0.15) is 6.26 Å². The van der Waals surface area contributed by atoms with Crippen molar-refractivity contribution in [2.24, 2.45) is 0 Å². The van der Waals surface area contributed by atoms with E-state index in [1.807, 2.05) is 4.72 Å². The second-order valence-electron chi connectivity index (χ2n) is 2.78. The summed E-state index contributed by atoms with van der Waals surface area (Å²) in [5.41, 5.74) is 0. The lowest BCUT2D eigenvalue weighted by molar-refractivity contribution is 0.423. The first-order chi connectivity index (χ1) is 7.59. The zero-order valence-corrected chi connectivity index (χ0v) is 8.61.